The Morgan fingerprint density at radius 1 is 1.17 bits per heavy atom. The summed E-state index contributed by atoms with van der Waals surface area (Å²) in [5.74, 6) is -1.12. The van der Waals surface area contributed by atoms with Gasteiger partial charge in [0.2, 0.25) is 0 Å². The number of amides is 2. The summed E-state index contributed by atoms with van der Waals surface area (Å²) in [7, 11) is 0. The molecule has 0 bridgehead atoms. The predicted octanol–water partition coefficient (Wildman–Crippen LogP) is 1.95. The number of aromatic nitrogens is 1. The third-order valence-electron chi connectivity index (χ3n) is 3.62. The van der Waals surface area contributed by atoms with Crippen molar-refractivity contribution in [2.45, 2.75) is 0 Å². The van der Waals surface area contributed by atoms with Crippen LogP contribution < -0.4 is 5.32 Å². The van der Waals surface area contributed by atoms with E-state index in [1.807, 2.05) is 0 Å². The van der Waals surface area contributed by atoms with E-state index in [0.717, 1.165) is 0 Å². The van der Waals surface area contributed by atoms with Crippen LogP contribution in [-0.2, 0) is 4.74 Å². The van der Waals surface area contributed by atoms with E-state index in [9.17, 15) is 14.0 Å². The average Bonchev–Trinajstić information content (AvgIpc) is 2.62. The van der Waals surface area contributed by atoms with Gasteiger partial charge in [0.05, 0.1) is 13.2 Å². The third kappa shape index (κ3) is 3.75. The minimum Gasteiger partial charge on any atom is -0.378 e. The maximum Gasteiger partial charge on any atom is 0.274 e. The van der Waals surface area contributed by atoms with Crippen LogP contribution in [0.5, 0.6) is 0 Å². The van der Waals surface area contributed by atoms with Crippen LogP contribution in [-0.4, -0.2) is 48.0 Å². The summed E-state index contributed by atoms with van der Waals surface area (Å²) in [4.78, 5) is 30.3. The lowest BCUT2D eigenvalue weighted by Gasteiger charge is -2.26. The molecule has 6 nitrogen and oxygen atoms in total. The van der Waals surface area contributed by atoms with Crippen LogP contribution in [0.4, 0.5) is 10.1 Å². The van der Waals surface area contributed by atoms with Gasteiger partial charge in [0, 0.05) is 30.5 Å². The zero-order valence-corrected chi connectivity index (χ0v) is 12.9. The van der Waals surface area contributed by atoms with Gasteiger partial charge in [-0.1, -0.05) is 6.07 Å². The largest absolute Gasteiger partial charge is 0.378 e. The molecule has 1 aliphatic heterocycles. The highest BCUT2D eigenvalue weighted by atomic mass is 19.1. The van der Waals surface area contributed by atoms with Crippen LogP contribution >= 0.6 is 0 Å². The van der Waals surface area contributed by atoms with Crippen LogP contribution in [0.15, 0.2) is 42.6 Å². The normalized spacial score (nSPS) is 14.3. The Morgan fingerprint density at radius 2 is 1.96 bits per heavy atom. The number of halogens is 1. The molecule has 0 aliphatic carbocycles. The Bertz CT molecular complexity index is 760. The molecule has 7 heteroatoms. The summed E-state index contributed by atoms with van der Waals surface area (Å²) in [5, 5.41) is 2.56. The van der Waals surface area contributed by atoms with Crippen LogP contribution in [0.1, 0.15) is 20.8 Å². The Labute approximate surface area is 138 Å². The number of anilines is 1. The fourth-order valence-electron chi connectivity index (χ4n) is 2.40. The van der Waals surface area contributed by atoms with Crippen molar-refractivity contribution in [3.63, 3.8) is 0 Å². The fourth-order valence-corrected chi connectivity index (χ4v) is 2.40. The lowest BCUT2D eigenvalue weighted by Crippen LogP contribution is -2.40. The number of benzene rings is 1. The van der Waals surface area contributed by atoms with Gasteiger partial charge in [-0.2, -0.15) is 0 Å². The molecule has 1 aromatic carbocycles. The topological polar surface area (TPSA) is 71.5 Å². The molecule has 0 atom stereocenters. The first kappa shape index (κ1) is 16.1. The van der Waals surface area contributed by atoms with Gasteiger partial charge in [-0.25, -0.2) is 4.39 Å². The Hall–Kier alpha value is -2.80. The number of morpholine rings is 1. The van der Waals surface area contributed by atoms with Gasteiger partial charge in [0.1, 0.15) is 11.5 Å². The second kappa shape index (κ2) is 7.18. The van der Waals surface area contributed by atoms with Crippen molar-refractivity contribution in [2.75, 3.05) is 31.6 Å². The van der Waals surface area contributed by atoms with Gasteiger partial charge >= 0.3 is 0 Å². The maximum atomic E-state index is 13.2. The molecule has 0 spiro atoms. The molecule has 2 heterocycles. The molecule has 2 amide bonds. The molecular weight excluding hydrogens is 313 g/mol. The van der Waals surface area contributed by atoms with Gasteiger partial charge in [-0.05, 0) is 30.3 Å². The molecule has 0 unspecified atom stereocenters. The van der Waals surface area contributed by atoms with Gasteiger partial charge in [0.25, 0.3) is 11.8 Å². The van der Waals surface area contributed by atoms with E-state index in [2.05, 4.69) is 10.3 Å². The zero-order chi connectivity index (χ0) is 16.9. The quantitative estimate of drug-likeness (QED) is 0.934. The minimum atomic E-state index is -0.503. The van der Waals surface area contributed by atoms with E-state index in [1.54, 1.807) is 17.0 Å². The van der Waals surface area contributed by atoms with E-state index >= 15 is 0 Å². The molecule has 1 saturated heterocycles. The SMILES string of the molecule is O=C(Nc1cccc(F)c1)c1cc(C(=O)N2CCOCC2)ccn1. The molecular formula is C17H16FN3O3. The van der Waals surface area contributed by atoms with E-state index in [-0.39, 0.29) is 11.6 Å². The van der Waals surface area contributed by atoms with Crippen molar-refractivity contribution in [1.29, 1.82) is 0 Å². The van der Waals surface area contributed by atoms with Crippen molar-refractivity contribution < 1.29 is 18.7 Å². The van der Waals surface area contributed by atoms with Crippen LogP contribution in [0, 0.1) is 5.82 Å². The summed E-state index contributed by atoms with van der Waals surface area (Å²) in [5.41, 5.74) is 0.807. The number of nitrogens with zero attached hydrogens (tertiary/aromatic N) is 2. The summed E-state index contributed by atoms with van der Waals surface area (Å²) in [6, 6.07) is 8.57. The second-order valence-corrected chi connectivity index (χ2v) is 5.30. The molecule has 0 saturated carbocycles. The highest BCUT2D eigenvalue weighted by Crippen LogP contribution is 2.12. The Kier molecular flexibility index (Phi) is 4.81. The fraction of sp³-hybridized carbons (Fsp3) is 0.235. The zero-order valence-electron chi connectivity index (χ0n) is 12.9. The molecule has 1 aliphatic rings. The Balaban J connectivity index is 1.74. The number of rotatable bonds is 3. The van der Waals surface area contributed by atoms with Crippen LogP contribution in [0.3, 0.4) is 0 Å². The van der Waals surface area contributed by atoms with Gasteiger partial charge in [-0.15, -0.1) is 0 Å². The molecule has 3 rings (SSSR count). The number of nitrogens with one attached hydrogen (secondary N) is 1. The first-order valence-electron chi connectivity index (χ1n) is 7.53. The van der Waals surface area contributed by atoms with Crippen molar-refractivity contribution in [2.24, 2.45) is 0 Å². The highest BCUT2D eigenvalue weighted by molar-refractivity contribution is 6.04. The maximum absolute atomic E-state index is 13.2. The lowest BCUT2D eigenvalue weighted by atomic mass is 10.2. The van der Waals surface area contributed by atoms with Gasteiger partial charge < -0.3 is 15.0 Å². The van der Waals surface area contributed by atoms with Gasteiger partial charge in [-0.3, -0.25) is 14.6 Å². The van der Waals surface area contributed by atoms with E-state index in [0.29, 0.717) is 37.6 Å². The first-order chi connectivity index (χ1) is 11.6. The number of hydrogen-bond donors (Lipinski definition) is 1. The molecule has 1 fully saturated rings. The smallest absolute Gasteiger partial charge is 0.274 e. The minimum absolute atomic E-state index is 0.0957. The van der Waals surface area contributed by atoms with Crippen molar-refractivity contribution in [3.8, 4) is 0 Å². The highest BCUT2D eigenvalue weighted by Gasteiger charge is 2.20. The summed E-state index contributed by atoms with van der Waals surface area (Å²) >= 11 is 0. The lowest BCUT2D eigenvalue weighted by molar-refractivity contribution is 0.0303. The molecule has 1 aromatic heterocycles. The van der Waals surface area contributed by atoms with Crippen molar-refractivity contribution in [3.05, 3.63) is 59.7 Å². The first-order valence-corrected chi connectivity index (χ1v) is 7.53. The second-order valence-electron chi connectivity index (χ2n) is 5.30. The van der Waals surface area contributed by atoms with E-state index in [1.165, 1.54) is 30.5 Å². The van der Waals surface area contributed by atoms with Gasteiger partial charge in [0.15, 0.2) is 0 Å². The summed E-state index contributed by atoms with van der Waals surface area (Å²) in [6.45, 7) is 2.05. The molecule has 2 aromatic rings. The summed E-state index contributed by atoms with van der Waals surface area (Å²) < 4.78 is 18.4. The third-order valence-corrected chi connectivity index (χ3v) is 3.62. The monoisotopic (exact) mass is 329 g/mol. The average molecular weight is 329 g/mol. The predicted molar refractivity (Wildman–Crippen MR) is 85.3 cm³/mol. The van der Waals surface area contributed by atoms with Crippen LogP contribution in [0.2, 0.25) is 0 Å². The number of hydrogen-bond acceptors (Lipinski definition) is 4. The molecule has 124 valence electrons. The number of carbonyl (C=O) groups excluding carboxylic acids is 2. The molecule has 24 heavy (non-hydrogen) atoms. The van der Waals surface area contributed by atoms with E-state index in [4.69, 9.17) is 4.74 Å². The summed E-state index contributed by atoms with van der Waals surface area (Å²) in [6.07, 6.45) is 1.41. The number of ether oxygens (including phenoxy) is 1. The standard InChI is InChI=1S/C17H16FN3O3/c18-13-2-1-3-14(11-13)20-16(22)15-10-12(4-5-19-15)17(23)21-6-8-24-9-7-21/h1-5,10-11H,6-9H2,(H,20,22). The Morgan fingerprint density at radius 3 is 2.71 bits per heavy atom. The number of pyridine rings is 1. The van der Waals surface area contributed by atoms with Crippen molar-refractivity contribution >= 4 is 17.5 Å². The molecule has 0 radical (unpaired) electrons. The number of carbonyl (C=O) groups is 2. The molecule has 1 N–H and O–H groups in total. The van der Waals surface area contributed by atoms with Crippen molar-refractivity contribution in [1.82, 2.24) is 9.88 Å². The van der Waals surface area contributed by atoms with Crippen LogP contribution in [0.25, 0.3) is 0 Å². The van der Waals surface area contributed by atoms with E-state index < -0.39 is 11.7 Å².